The minimum absolute atomic E-state index is 0.122. The molecule has 0 atom stereocenters. The van der Waals surface area contributed by atoms with E-state index < -0.39 is 8.80 Å². The van der Waals surface area contributed by atoms with Crippen LogP contribution < -0.4 is 10.6 Å². The van der Waals surface area contributed by atoms with Crippen LogP contribution in [0.2, 0.25) is 6.04 Å². The van der Waals surface area contributed by atoms with Crippen LogP contribution in [0.15, 0.2) is 0 Å². The van der Waals surface area contributed by atoms with E-state index in [2.05, 4.69) is 10.6 Å². The van der Waals surface area contributed by atoms with E-state index in [1.54, 1.807) is 0 Å². The molecule has 0 saturated heterocycles. The maximum absolute atomic E-state index is 11.4. The summed E-state index contributed by atoms with van der Waals surface area (Å²) in [5.74, 6) is 0. The Bertz CT molecular complexity index is 238. The first-order valence-corrected chi connectivity index (χ1v) is 9.50. The summed E-state index contributed by atoms with van der Waals surface area (Å²) in [4.78, 5) is 11.4. The van der Waals surface area contributed by atoms with Gasteiger partial charge in [0.05, 0.1) is 0 Å². The van der Waals surface area contributed by atoms with Gasteiger partial charge in [0.1, 0.15) is 0 Å². The van der Waals surface area contributed by atoms with Gasteiger partial charge in [0, 0.05) is 39.0 Å². The number of nitrogens with one attached hydrogen (secondary N) is 2. The van der Waals surface area contributed by atoms with Gasteiger partial charge in [-0.15, -0.1) is 0 Å². The van der Waals surface area contributed by atoms with Crippen molar-refractivity contribution in [2.75, 3.05) is 32.9 Å². The number of hydrogen-bond acceptors (Lipinski definition) is 4. The lowest BCUT2D eigenvalue weighted by atomic mass is 10.5. The first-order chi connectivity index (χ1) is 9.64. The van der Waals surface area contributed by atoms with E-state index in [4.69, 9.17) is 13.3 Å². The molecule has 6 nitrogen and oxygen atoms in total. The van der Waals surface area contributed by atoms with E-state index in [0.717, 1.165) is 18.9 Å². The van der Waals surface area contributed by atoms with Crippen molar-refractivity contribution in [3.05, 3.63) is 0 Å². The van der Waals surface area contributed by atoms with Crippen molar-refractivity contribution in [2.24, 2.45) is 0 Å². The van der Waals surface area contributed by atoms with Gasteiger partial charge in [0.2, 0.25) is 0 Å². The van der Waals surface area contributed by atoms with Crippen LogP contribution in [0.25, 0.3) is 0 Å². The van der Waals surface area contributed by atoms with Gasteiger partial charge in [0.15, 0.2) is 0 Å². The second kappa shape index (κ2) is 12.1. The highest BCUT2D eigenvalue weighted by molar-refractivity contribution is 6.60. The molecule has 0 bridgehead atoms. The second-order valence-corrected chi connectivity index (χ2v) is 7.00. The van der Waals surface area contributed by atoms with Crippen molar-refractivity contribution >= 4 is 14.8 Å². The summed E-state index contributed by atoms with van der Waals surface area (Å²) in [6.07, 6.45) is 1.72. The summed E-state index contributed by atoms with van der Waals surface area (Å²) in [7, 11) is -2.56. The Morgan fingerprint density at radius 2 is 1.40 bits per heavy atom. The molecule has 0 aromatic rings. The van der Waals surface area contributed by atoms with E-state index in [1.165, 1.54) is 0 Å². The predicted molar refractivity (Wildman–Crippen MR) is 81.7 cm³/mol. The van der Waals surface area contributed by atoms with E-state index in [-0.39, 0.29) is 6.03 Å². The van der Waals surface area contributed by atoms with Crippen LogP contribution in [-0.4, -0.2) is 47.7 Å². The van der Waals surface area contributed by atoms with Gasteiger partial charge < -0.3 is 23.9 Å². The van der Waals surface area contributed by atoms with Crippen molar-refractivity contribution in [2.45, 2.75) is 46.6 Å². The van der Waals surface area contributed by atoms with Gasteiger partial charge in [-0.2, -0.15) is 0 Å². The van der Waals surface area contributed by atoms with E-state index in [0.29, 0.717) is 32.9 Å². The van der Waals surface area contributed by atoms with Crippen molar-refractivity contribution in [3.8, 4) is 0 Å². The number of carbonyl (C=O) groups is 1. The third-order valence-corrected chi connectivity index (χ3v) is 5.73. The minimum atomic E-state index is -2.56. The topological polar surface area (TPSA) is 68.8 Å². The third-order valence-electron chi connectivity index (χ3n) is 2.57. The molecule has 20 heavy (non-hydrogen) atoms. The zero-order chi connectivity index (χ0) is 15.3. The lowest BCUT2D eigenvalue weighted by Gasteiger charge is -2.28. The van der Waals surface area contributed by atoms with Crippen LogP contribution >= 0.6 is 0 Å². The van der Waals surface area contributed by atoms with Crippen LogP contribution in [0.5, 0.6) is 0 Å². The van der Waals surface area contributed by atoms with Crippen molar-refractivity contribution in [1.82, 2.24) is 10.6 Å². The van der Waals surface area contributed by atoms with E-state index in [9.17, 15) is 4.79 Å². The molecule has 0 saturated carbocycles. The molecule has 2 amide bonds. The summed E-state index contributed by atoms with van der Waals surface area (Å²) in [5.41, 5.74) is 0. The number of rotatable bonds is 12. The molecule has 120 valence electrons. The number of hydrogen-bond donors (Lipinski definition) is 2. The number of carbonyl (C=O) groups excluding carboxylic acids is 1. The van der Waals surface area contributed by atoms with Gasteiger partial charge in [-0.3, -0.25) is 0 Å². The second-order valence-electron chi connectivity index (χ2n) is 4.27. The normalized spacial score (nSPS) is 11.4. The molecule has 0 aliphatic rings. The van der Waals surface area contributed by atoms with Crippen LogP contribution in [0.1, 0.15) is 40.5 Å². The average Bonchev–Trinajstić information content (AvgIpc) is 2.42. The lowest BCUT2D eigenvalue weighted by molar-refractivity contribution is 0.0708. The van der Waals surface area contributed by atoms with Crippen molar-refractivity contribution < 1.29 is 18.1 Å². The molecule has 0 aliphatic carbocycles. The van der Waals surface area contributed by atoms with Crippen LogP contribution in [0.4, 0.5) is 4.79 Å². The summed E-state index contributed by atoms with van der Waals surface area (Å²) in [6, 6.07) is 0.597. The standard InChI is InChI=1S/C13H30N2O4Si/c1-5-10-14-13(16)15-11-9-12-20(17-6-2,18-7-3)19-8-4/h5-12H2,1-4H3,(H2,14,15,16). The molecule has 0 aromatic carbocycles. The zero-order valence-corrected chi connectivity index (χ0v) is 14.3. The van der Waals surface area contributed by atoms with Crippen molar-refractivity contribution in [3.63, 3.8) is 0 Å². The third kappa shape index (κ3) is 8.52. The molecule has 7 heteroatoms. The molecule has 0 unspecified atom stereocenters. The lowest BCUT2D eigenvalue weighted by Crippen LogP contribution is -2.46. The first-order valence-electron chi connectivity index (χ1n) is 7.57. The van der Waals surface area contributed by atoms with Gasteiger partial charge in [-0.05, 0) is 33.6 Å². The average molecular weight is 306 g/mol. The molecule has 2 N–H and O–H groups in total. The fourth-order valence-electron chi connectivity index (χ4n) is 1.81. The van der Waals surface area contributed by atoms with Gasteiger partial charge in [-0.25, -0.2) is 4.79 Å². The van der Waals surface area contributed by atoms with Crippen LogP contribution in [0, 0.1) is 0 Å². The Labute approximate surface area is 123 Å². The summed E-state index contributed by atoms with van der Waals surface area (Å²) in [6.45, 7) is 10.9. The van der Waals surface area contributed by atoms with Gasteiger partial charge in [-0.1, -0.05) is 6.92 Å². The highest BCUT2D eigenvalue weighted by Crippen LogP contribution is 2.17. The quantitative estimate of drug-likeness (QED) is 0.428. The maximum atomic E-state index is 11.4. The summed E-state index contributed by atoms with van der Waals surface area (Å²) in [5, 5.41) is 5.59. The molecular weight excluding hydrogens is 276 g/mol. The highest BCUT2D eigenvalue weighted by atomic mass is 28.4. The fourth-order valence-corrected chi connectivity index (χ4v) is 4.42. The molecule has 0 aromatic heterocycles. The maximum Gasteiger partial charge on any atom is 0.500 e. The smallest absolute Gasteiger partial charge is 0.374 e. The monoisotopic (exact) mass is 306 g/mol. The molecule has 0 spiro atoms. The fraction of sp³-hybridized carbons (Fsp3) is 0.923. The summed E-state index contributed by atoms with van der Waals surface area (Å²) < 4.78 is 17.2. The van der Waals surface area contributed by atoms with Gasteiger partial charge >= 0.3 is 14.8 Å². The molecule has 0 aliphatic heterocycles. The van der Waals surface area contributed by atoms with Crippen molar-refractivity contribution in [1.29, 1.82) is 0 Å². The molecule has 0 radical (unpaired) electrons. The van der Waals surface area contributed by atoms with Gasteiger partial charge in [0.25, 0.3) is 0 Å². The first kappa shape index (κ1) is 19.4. The molecule has 0 rings (SSSR count). The Morgan fingerprint density at radius 1 is 0.900 bits per heavy atom. The molecule has 0 heterocycles. The Balaban J connectivity index is 4.08. The van der Waals surface area contributed by atoms with E-state index in [1.807, 2.05) is 27.7 Å². The predicted octanol–water partition coefficient (Wildman–Crippen LogP) is 2.13. The van der Waals surface area contributed by atoms with E-state index >= 15 is 0 Å². The van der Waals surface area contributed by atoms with Crippen LogP contribution in [0.3, 0.4) is 0 Å². The molecule has 0 fully saturated rings. The van der Waals surface area contributed by atoms with Crippen LogP contribution in [-0.2, 0) is 13.3 Å². The SMILES string of the molecule is CCCNC(=O)NCCC[Si](OCC)(OCC)OCC. The number of amides is 2. The molecular formula is C13H30N2O4Si. The highest BCUT2D eigenvalue weighted by Gasteiger charge is 2.39. The Kier molecular flexibility index (Phi) is 11.7. The number of urea groups is 1. The summed E-state index contributed by atoms with van der Waals surface area (Å²) >= 11 is 0. The largest absolute Gasteiger partial charge is 0.500 e. The zero-order valence-electron chi connectivity index (χ0n) is 13.3. The Morgan fingerprint density at radius 3 is 1.85 bits per heavy atom. The Hall–Kier alpha value is -0.633. The minimum Gasteiger partial charge on any atom is -0.374 e.